The summed E-state index contributed by atoms with van der Waals surface area (Å²) in [5.74, 6) is 0. The monoisotopic (exact) mass is 226 g/mol. The Kier molecular flexibility index (Phi) is 4.04. The number of likely N-dealkylation sites (tertiary alicyclic amines) is 1. The third kappa shape index (κ3) is 2.88. The molecule has 16 heavy (non-hydrogen) atoms. The molecule has 92 valence electrons. The summed E-state index contributed by atoms with van der Waals surface area (Å²) in [7, 11) is 0. The molecule has 1 aliphatic heterocycles. The first kappa shape index (κ1) is 11.7. The maximum absolute atomic E-state index is 11.8. The molecule has 1 N–H and O–H groups in total. The lowest BCUT2D eigenvalue weighted by Crippen LogP contribution is -2.50. The van der Waals surface area contributed by atoms with Crippen LogP contribution in [0.2, 0.25) is 0 Å². The lowest BCUT2D eigenvalue weighted by Gasteiger charge is -2.34. The van der Waals surface area contributed by atoms with Crippen LogP contribution in [0.5, 0.6) is 0 Å². The number of amides is 2. The van der Waals surface area contributed by atoms with Gasteiger partial charge in [-0.3, -0.25) is 0 Å². The van der Waals surface area contributed by atoms with Gasteiger partial charge in [-0.2, -0.15) is 0 Å². The van der Waals surface area contributed by atoms with Gasteiger partial charge >= 0.3 is 6.03 Å². The highest BCUT2D eigenvalue weighted by atomic mass is 16.5. The summed E-state index contributed by atoms with van der Waals surface area (Å²) >= 11 is 0. The zero-order valence-electron chi connectivity index (χ0n) is 10.1. The number of piperidine rings is 1. The van der Waals surface area contributed by atoms with Gasteiger partial charge in [0.25, 0.3) is 0 Å². The summed E-state index contributed by atoms with van der Waals surface area (Å²) in [6, 6.07) is 0.566. The molecule has 0 aromatic heterocycles. The van der Waals surface area contributed by atoms with Crippen molar-refractivity contribution in [3.8, 4) is 0 Å². The van der Waals surface area contributed by atoms with Crippen LogP contribution in [0.4, 0.5) is 4.79 Å². The Bertz CT molecular complexity index is 233. The minimum Gasteiger partial charge on any atom is -0.378 e. The number of ether oxygens (including phenoxy) is 1. The van der Waals surface area contributed by atoms with Crippen LogP contribution in [0.3, 0.4) is 0 Å². The van der Waals surface area contributed by atoms with Crippen LogP contribution in [0.1, 0.15) is 39.0 Å². The zero-order chi connectivity index (χ0) is 11.4. The minimum atomic E-state index is 0.125. The summed E-state index contributed by atoms with van der Waals surface area (Å²) in [4.78, 5) is 13.8. The van der Waals surface area contributed by atoms with Crippen molar-refractivity contribution in [2.45, 2.75) is 51.2 Å². The highest BCUT2D eigenvalue weighted by molar-refractivity contribution is 5.74. The molecule has 4 nitrogen and oxygen atoms in total. The van der Waals surface area contributed by atoms with E-state index >= 15 is 0 Å². The van der Waals surface area contributed by atoms with Crippen molar-refractivity contribution in [3.05, 3.63) is 0 Å². The second-order valence-electron chi connectivity index (χ2n) is 4.72. The molecular formula is C12H22N2O2. The van der Waals surface area contributed by atoms with E-state index in [2.05, 4.69) is 5.32 Å². The fourth-order valence-corrected chi connectivity index (χ4v) is 2.28. The Hall–Kier alpha value is -0.770. The number of hydrogen-bond acceptors (Lipinski definition) is 2. The van der Waals surface area contributed by atoms with Crippen LogP contribution in [-0.4, -0.2) is 42.8 Å². The molecule has 4 heteroatoms. The average Bonchev–Trinajstić information content (AvgIpc) is 2.25. The second-order valence-corrected chi connectivity index (χ2v) is 4.72. The van der Waals surface area contributed by atoms with E-state index in [1.165, 1.54) is 6.42 Å². The topological polar surface area (TPSA) is 41.6 Å². The van der Waals surface area contributed by atoms with Gasteiger partial charge in [-0.05, 0) is 39.0 Å². The number of nitrogens with one attached hydrogen (secondary N) is 1. The van der Waals surface area contributed by atoms with Crippen molar-refractivity contribution < 1.29 is 9.53 Å². The third-order valence-corrected chi connectivity index (χ3v) is 3.56. The van der Waals surface area contributed by atoms with E-state index in [-0.39, 0.29) is 6.03 Å². The first-order valence-electron chi connectivity index (χ1n) is 6.46. The summed E-state index contributed by atoms with van der Waals surface area (Å²) in [5.41, 5.74) is 0. The zero-order valence-corrected chi connectivity index (χ0v) is 10.1. The maximum atomic E-state index is 11.8. The lowest BCUT2D eigenvalue weighted by molar-refractivity contribution is 0.0215. The van der Waals surface area contributed by atoms with Crippen molar-refractivity contribution in [1.29, 1.82) is 0 Å². The predicted octanol–water partition coefficient (Wildman–Crippen LogP) is 1.75. The van der Waals surface area contributed by atoms with E-state index in [1.54, 1.807) is 0 Å². The quantitative estimate of drug-likeness (QED) is 0.796. The average molecular weight is 226 g/mol. The van der Waals surface area contributed by atoms with E-state index in [4.69, 9.17) is 4.74 Å². The van der Waals surface area contributed by atoms with Crippen LogP contribution >= 0.6 is 0 Å². The molecule has 0 spiro atoms. The van der Waals surface area contributed by atoms with Crippen molar-refractivity contribution in [3.63, 3.8) is 0 Å². The molecule has 1 aliphatic carbocycles. The van der Waals surface area contributed by atoms with E-state index < -0.39 is 0 Å². The molecule has 1 saturated heterocycles. The Morgan fingerprint density at radius 3 is 2.50 bits per heavy atom. The predicted molar refractivity (Wildman–Crippen MR) is 62.4 cm³/mol. The first-order chi connectivity index (χ1) is 7.79. The van der Waals surface area contributed by atoms with Crippen LogP contribution in [-0.2, 0) is 4.74 Å². The van der Waals surface area contributed by atoms with Crippen molar-refractivity contribution in [2.75, 3.05) is 19.7 Å². The number of carbonyl (C=O) groups is 1. The molecule has 2 fully saturated rings. The van der Waals surface area contributed by atoms with E-state index in [0.29, 0.717) is 12.1 Å². The Labute approximate surface area is 97.3 Å². The molecular weight excluding hydrogens is 204 g/mol. The molecule has 1 saturated carbocycles. The second kappa shape index (κ2) is 5.53. The van der Waals surface area contributed by atoms with Crippen LogP contribution in [0, 0.1) is 0 Å². The van der Waals surface area contributed by atoms with Gasteiger partial charge in [0.05, 0.1) is 6.10 Å². The number of carbonyl (C=O) groups excluding carboxylic acids is 1. The van der Waals surface area contributed by atoms with E-state index in [9.17, 15) is 4.79 Å². The standard InChI is InChI=1S/C12H22N2O2/c1-2-16-11-6-8-14(9-7-11)12(15)13-10-4-3-5-10/h10-11H,2-9H2,1H3,(H,13,15). The van der Waals surface area contributed by atoms with Gasteiger partial charge in [-0.25, -0.2) is 4.79 Å². The van der Waals surface area contributed by atoms with Gasteiger partial charge in [0.2, 0.25) is 0 Å². The van der Waals surface area contributed by atoms with Crippen LogP contribution < -0.4 is 5.32 Å². The number of hydrogen-bond donors (Lipinski definition) is 1. The fraction of sp³-hybridized carbons (Fsp3) is 0.917. The molecule has 2 amide bonds. The molecule has 2 rings (SSSR count). The highest BCUT2D eigenvalue weighted by Crippen LogP contribution is 2.19. The minimum absolute atomic E-state index is 0.125. The molecule has 0 aromatic carbocycles. The van der Waals surface area contributed by atoms with Gasteiger partial charge in [0.15, 0.2) is 0 Å². The summed E-state index contributed by atoms with van der Waals surface area (Å²) in [5, 5.41) is 3.08. The molecule has 1 heterocycles. The van der Waals surface area contributed by atoms with Gasteiger partial charge in [0.1, 0.15) is 0 Å². The largest absolute Gasteiger partial charge is 0.378 e. The fourth-order valence-electron chi connectivity index (χ4n) is 2.28. The third-order valence-electron chi connectivity index (χ3n) is 3.56. The van der Waals surface area contributed by atoms with Gasteiger partial charge in [-0.1, -0.05) is 0 Å². The molecule has 0 unspecified atom stereocenters. The molecule has 0 atom stereocenters. The molecule has 0 aromatic rings. The van der Waals surface area contributed by atoms with Crippen molar-refractivity contribution in [1.82, 2.24) is 10.2 Å². The normalized spacial score (nSPS) is 22.9. The van der Waals surface area contributed by atoms with Gasteiger partial charge in [0, 0.05) is 25.7 Å². The summed E-state index contributed by atoms with van der Waals surface area (Å²) in [6.45, 7) is 4.47. The SMILES string of the molecule is CCOC1CCN(C(=O)NC2CCC2)CC1. The van der Waals surface area contributed by atoms with Crippen LogP contribution in [0.25, 0.3) is 0 Å². The lowest BCUT2D eigenvalue weighted by atomic mass is 9.93. The smallest absolute Gasteiger partial charge is 0.317 e. The Morgan fingerprint density at radius 1 is 1.31 bits per heavy atom. The summed E-state index contributed by atoms with van der Waals surface area (Å²) in [6.07, 6.45) is 5.88. The number of rotatable bonds is 3. The molecule has 0 radical (unpaired) electrons. The van der Waals surface area contributed by atoms with Crippen LogP contribution in [0.15, 0.2) is 0 Å². The molecule has 0 bridgehead atoms. The van der Waals surface area contributed by atoms with E-state index in [0.717, 1.165) is 45.4 Å². The maximum Gasteiger partial charge on any atom is 0.317 e. The molecule has 2 aliphatic rings. The highest BCUT2D eigenvalue weighted by Gasteiger charge is 2.26. The van der Waals surface area contributed by atoms with Crippen molar-refractivity contribution in [2.24, 2.45) is 0 Å². The first-order valence-corrected chi connectivity index (χ1v) is 6.46. The van der Waals surface area contributed by atoms with Crippen molar-refractivity contribution >= 4 is 6.03 Å². The van der Waals surface area contributed by atoms with Gasteiger partial charge in [-0.15, -0.1) is 0 Å². The van der Waals surface area contributed by atoms with Gasteiger partial charge < -0.3 is 15.0 Å². The van der Waals surface area contributed by atoms with E-state index in [1.807, 2.05) is 11.8 Å². The Balaban J connectivity index is 1.68. The number of urea groups is 1. The summed E-state index contributed by atoms with van der Waals surface area (Å²) < 4.78 is 5.57. The number of nitrogens with zero attached hydrogens (tertiary/aromatic N) is 1. The Morgan fingerprint density at radius 2 is 2.00 bits per heavy atom.